The van der Waals surface area contributed by atoms with E-state index in [0.717, 1.165) is 12.0 Å². The van der Waals surface area contributed by atoms with Crippen LogP contribution in [0.1, 0.15) is 31.7 Å². The van der Waals surface area contributed by atoms with Crippen molar-refractivity contribution < 1.29 is 0 Å². The summed E-state index contributed by atoms with van der Waals surface area (Å²) in [6.07, 6.45) is 4.73. The van der Waals surface area contributed by atoms with Crippen LogP contribution in [0.5, 0.6) is 0 Å². The van der Waals surface area contributed by atoms with E-state index in [0.29, 0.717) is 5.00 Å². The van der Waals surface area contributed by atoms with Gasteiger partial charge in [-0.25, -0.2) is 0 Å². The fourth-order valence-corrected chi connectivity index (χ4v) is 1.77. The third kappa shape index (κ3) is 2.54. The fourth-order valence-electron chi connectivity index (χ4n) is 1.08. The second-order valence-electron chi connectivity index (χ2n) is 2.71. The summed E-state index contributed by atoms with van der Waals surface area (Å²) in [5.74, 6) is 0. The highest BCUT2D eigenvalue weighted by atomic mass is 32.1. The van der Waals surface area contributed by atoms with Crippen molar-refractivity contribution in [2.24, 2.45) is 0 Å². The minimum Gasteiger partial charge on any atom is -0.138 e. The molecule has 0 amide bonds. The van der Waals surface area contributed by atoms with Crippen LogP contribution < -0.4 is 5.73 Å². The smallest absolute Gasteiger partial charge is 0.138 e. The Morgan fingerprint density at radius 2 is 2.27 bits per heavy atom. The largest absolute Gasteiger partial charge is 0.142 e. The Kier molecular flexibility index (Phi) is 3.43. The first-order valence-electron chi connectivity index (χ1n) is 4.10. The maximum atomic E-state index is 9.27. The molecule has 0 spiro atoms. The lowest BCUT2D eigenvalue weighted by Crippen LogP contribution is -1.82. The van der Waals surface area contributed by atoms with Crippen LogP contribution >= 0.6 is 11.3 Å². The van der Waals surface area contributed by atoms with Gasteiger partial charge in [-0.3, -0.25) is 0 Å². The number of rotatable bonds is 4. The Labute approximate surface area is 72.2 Å². The monoisotopic (exact) mass is 167 g/mol. The number of hydrogen-bond acceptors (Lipinski definition) is 1. The average molecular weight is 167 g/mol. The minimum atomic E-state index is 0.501. The van der Waals surface area contributed by atoms with Crippen molar-refractivity contribution in [1.82, 2.24) is 5.73 Å². The predicted molar refractivity (Wildman–Crippen MR) is 49.3 cm³/mol. The van der Waals surface area contributed by atoms with Gasteiger partial charge in [-0.2, -0.15) is 0 Å². The molecule has 1 heterocycles. The molecule has 11 heavy (non-hydrogen) atoms. The molecule has 1 nitrogen and oxygen atoms in total. The summed E-state index contributed by atoms with van der Waals surface area (Å²) in [6.45, 7) is 2.19. The molecule has 1 aromatic rings. The summed E-state index contributed by atoms with van der Waals surface area (Å²) in [4.78, 5) is 0. The van der Waals surface area contributed by atoms with E-state index in [1.54, 1.807) is 0 Å². The molecule has 1 rings (SSSR count). The SMILES string of the molecule is CCCCCc1ccsc1[N]. The summed E-state index contributed by atoms with van der Waals surface area (Å²) in [7, 11) is 0. The third-order valence-electron chi connectivity index (χ3n) is 1.77. The third-order valence-corrected chi connectivity index (χ3v) is 2.53. The Morgan fingerprint density at radius 1 is 1.45 bits per heavy atom. The number of hydrogen-bond donors (Lipinski definition) is 0. The standard InChI is InChI=1S/C9H13NS/c1-2-3-4-5-8-6-7-11-9(8)10/h6-7H,2-5H2,1H3. The summed E-state index contributed by atoms with van der Waals surface area (Å²) in [5.41, 5.74) is 10.4. The van der Waals surface area contributed by atoms with Crippen LogP contribution in [0, 0.1) is 0 Å². The van der Waals surface area contributed by atoms with E-state index in [4.69, 9.17) is 0 Å². The van der Waals surface area contributed by atoms with Crippen molar-refractivity contribution in [1.29, 1.82) is 0 Å². The van der Waals surface area contributed by atoms with Crippen LogP contribution in [0.15, 0.2) is 11.4 Å². The first-order chi connectivity index (χ1) is 5.34. The van der Waals surface area contributed by atoms with E-state index in [9.17, 15) is 5.73 Å². The molecule has 0 atom stereocenters. The lowest BCUT2D eigenvalue weighted by molar-refractivity contribution is 0.718. The van der Waals surface area contributed by atoms with Gasteiger partial charge in [0.1, 0.15) is 5.00 Å². The van der Waals surface area contributed by atoms with Gasteiger partial charge < -0.3 is 0 Å². The predicted octanol–water partition coefficient (Wildman–Crippen LogP) is 3.18. The van der Waals surface area contributed by atoms with Gasteiger partial charge in [0.2, 0.25) is 0 Å². The second-order valence-corrected chi connectivity index (χ2v) is 3.60. The van der Waals surface area contributed by atoms with Crippen LogP contribution in [0.25, 0.3) is 0 Å². The zero-order valence-electron chi connectivity index (χ0n) is 6.84. The zero-order chi connectivity index (χ0) is 8.10. The van der Waals surface area contributed by atoms with Gasteiger partial charge in [-0.05, 0) is 29.9 Å². The van der Waals surface area contributed by atoms with Crippen molar-refractivity contribution in [3.05, 3.63) is 17.0 Å². The highest BCUT2D eigenvalue weighted by molar-refractivity contribution is 7.13. The second kappa shape index (κ2) is 4.39. The maximum Gasteiger partial charge on any atom is 0.142 e. The molecule has 0 aliphatic heterocycles. The molecular formula is C9H13NS. The first kappa shape index (κ1) is 8.60. The van der Waals surface area contributed by atoms with E-state index in [-0.39, 0.29) is 0 Å². The number of thiophene rings is 1. The molecule has 0 bridgehead atoms. The highest BCUT2D eigenvalue weighted by Crippen LogP contribution is 2.22. The van der Waals surface area contributed by atoms with Crippen LogP contribution in [0.4, 0.5) is 5.00 Å². The zero-order valence-corrected chi connectivity index (χ0v) is 7.66. The molecule has 60 valence electrons. The van der Waals surface area contributed by atoms with E-state index < -0.39 is 0 Å². The van der Waals surface area contributed by atoms with Crippen LogP contribution in [0.3, 0.4) is 0 Å². The van der Waals surface area contributed by atoms with Gasteiger partial charge in [-0.15, -0.1) is 17.1 Å². The molecule has 2 heteroatoms. The summed E-state index contributed by atoms with van der Waals surface area (Å²) in [6, 6.07) is 2.01. The van der Waals surface area contributed by atoms with Crippen LogP contribution in [-0.2, 0) is 6.42 Å². The molecule has 0 N–H and O–H groups in total. The van der Waals surface area contributed by atoms with Gasteiger partial charge >= 0.3 is 0 Å². The van der Waals surface area contributed by atoms with Crippen molar-refractivity contribution >= 4 is 16.3 Å². The quantitative estimate of drug-likeness (QED) is 0.615. The van der Waals surface area contributed by atoms with Gasteiger partial charge in [0.25, 0.3) is 0 Å². The highest BCUT2D eigenvalue weighted by Gasteiger charge is 2.00. The topological polar surface area (TPSA) is 22.3 Å². The Bertz CT molecular complexity index is 205. The van der Waals surface area contributed by atoms with E-state index in [2.05, 4.69) is 6.92 Å². The number of aryl methyl sites for hydroxylation is 1. The van der Waals surface area contributed by atoms with Crippen molar-refractivity contribution in [3.8, 4) is 0 Å². The number of unbranched alkanes of at least 4 members (excludes halogenated alkanes) is 2. The Balaban J connectivity index is 2.32. The molecule has 0 aliphatic carbocycles. The molecule has 0 saturated heterocycles. The summed E-state index contributed by atoms with van der Waals surface area (Å²) in [5, 5.41) is 2.44. The maximum absolute atomic E-state index is 9.27. The van der Waals surface area contributed by atoms with Crippen molar-refractivity contribution in [3.63, 3.8) is 0 Å². The minimum absolute atomic E-state index is 0.501. The summed E-state index contributed by atoms with van der Waals surface area (Å²) >= 11 is 1.42. The summed E-state index contributed by atoms with van der Waals surface area (Å²) < 4.78 is 0. The lowest BCUT2D eigenvalue weighted by Gasteiger charge is -1.95. The van der Waals surface area contributed by atoms with E-state index >= 15 is 0 Å². The Morgan fingerprint density at radius 3 is 2.82 bits per heavy atom. The van der Waals surface area contributed by atoms with Gasteiger partial charge in [0, 0.05) is 0 Å². The van der Waals surface area contributed by atoms with Crippen molar-refractivity contribution in [2.75, 3.05) is 0 Å². The van der Waals surface area contributed by atoms with Gasteiger partial charge in [0.15, 0.2) is 0 Å². The lowest BCUT2D eigenvalue weighted by atomic mass is 10.1. The average Bonchev–Trinajstić information content (AvgIpc) is 2.37. The molecule has 2 radical (unpaired) electrons. The van der Waals surface area contributed by atoms with E-state index in [1.165, 1.54) is 30.6 Å². The molecule has 0 fully saturated rings. The van der Waals surface area contributed by atoms with Crippen molar-refractivity contribution in [2.45, 2.75) is 32.6 Å². The van der Waals surface area contributed by atoms with E-state index in [1.807, 2.05) is 11.4 Å². The first-order valence-corrected chi connectivity index (χ1v) is 4.98. The van der Waals surface area contributed by atoms with Gasteiger partial charge in [-0.1, -0.05) is 19.8 Å². The molecule has 0 aliphatic rings. The number of nitrogens with zero attached hydrogens (tertiary/aromatic N) is 1. The molecule has 1 aromatic heterocycles. The normalized spacial score (nSPS) is 10.3. The van der Waals surface area contributed by atoms with Crippen LogP contribution in [-0.4, -0.2) is 0 Å². The Hall–Kier alpha value is -0.500. The van der Waals surface area contributed by atoms with Crippen LogP contribution in [0.2, 0.25) is 0 Å². The molecule has 0 aromatic carbocycles. The van der Waals surface area contributed by atoms with Gasteiger partial charge in [0.05, 0.1) is 0 Å². The molecular weight excluding hydrogens is 154 g/mol. The molecule has 0 saturated carbocycles. The fraction of sp³-hybridized carbons (Fsp3) is 0.556. The molecule has 0 unspecified atom stereocenters.